The number of aromatic nitrogens is 2. The maximum absolute atomic E-state index is 12.6. The lowest BCUT2D eigenvalue weighted by molar-refractivity contribution is 0.0910. The molecular weight excluding hydrogens is 426 g/mol. The number of carbonyl (C=O) groups excluding carboxylic acids is 1. The number of amides is 1. The molecule has 3 N–H and O–H groups in total. The molecule has 0 aliphatic heterocycles. The first kappa shape index (κ1) is 17.9. The third kappa shape index (κ3) is 4.10. The van der Waals surface area contributed by atoms with E-state index in [1.807, 2.05) is 0 Å². The average Bonchev–Trinajstić information content (AvgIpc) is 2.75. The molecule has 1 amide bonds. The second kappa shape index (κ2) is 6.59. The summed E-state index contributed by atoms with van der Waals surface area (Å²) >= 11 is 4.06. The van der Waals surface area contributed by atoms with Gasteiger partial charge in [0.25, 0.3) is 5.91 Å². The first-order chi connectivity index (χ1) is 10.2. The summed E-state index contributed by atoms with van der Waals surface area (Å²) in [6.07, 6.45) is 2.51. The van der Waals surface area contributed by atoms with Gasteiger partial charge in [-0.2, -0.15) is 5.10 Å². The van der Waals surface area contributed by atoms with Crippen molar-refractivity contribution in [3.63, 3.8) is 0 Å². The van der Waals surface area contributed by atoms with Crippen LogP contribution in [0.2, 0.25) is 4.28 Å². The Morgan fingerprint density at radius 3 is 2.73 bits per heavy atom. The Morgan fingerprint density at radius 2 is 2.14 bits per heavy atom. The quantitative estimate of drug-likeness (QED) is 0.546. The van der Waals surface area contributed by atoms with Crippen LogP contribution >= 0.6 is 31.6 Å². The molecule has 8 heteroatoms. The molecule has 2 rings (SSSR count). The predicted octanol–water partition coefficient (Wildman–Crippen LogP) is 3.42. The molecule has 117 valence electrons. The molecule has 2 aromatic rings. The lowest BCUT2D eigenvalue weighted by Gasteiger charge is -2.34. The number of carbonyl (C=O) groups is 1. The van der Waals surface area contributed by atoms with E-state index in [9.17, 15) is 4.79 Å². The fourth-order valence-corrected chi connectivity index (χ4v) is 4.81. The van der Waals surface area contributed by atoms with E-state index in [2.05, 4.69) is 63.5 Å². The molecular formula is C14H19AlIN4OS. The average molecular weight is 445 g/mol. The molecule has 5 nitrogen and oxygen atoms in total. The second-order valence-electron chi connectivity index (χ2n) is 6.71. The third-order valence-corrected chi connectivity index (χ3v) is 10.2. The zero-order valence-electron chi connectivity index (χ0n) is 13.1. The van der Waals surface area contributed by atoms with Gasteiger partial charge in [-0.15, -0.1) is 16.4 Å². The molecule has 0 spiro atoms. The fourth-order valence-electron chi connectivity index (χ4n) is 2.63. The van der Waals surface area contributed by atoms with E-state index >= 15 is 0 Å². The molecule has 1 radical (unpaired) electrons. The summed E-state index contributed by atoms with van der Waals surface area (Å²) in [5.74, 6) is -0.134. The topological polar surface area (TPSA) is 80.9 Å². The summed E-state index contributed by atoms with van der Waals surface area (Å²) in [4.78, 5) is 13.8. The minimum Gasteiger partial charge on any atom is -0.397 e. The zero-order chi connectivity index (χ0) is 16.5. The Labute approximate surface area is 151 Å². The molecule has 0 aliphatic rings. The summed E-state index contributed by atoms with van der Waals surface area (Å²) in [5.41, 5.74) is 6.30. The van der Waals surface area contributed by atoms with Gasteiger partial charge in [-0.25, -0.2) is 20.3 Å². The molecule has 0 fully saturated rings. The Bertz CT molecular complexity index is 701. The normalized spacial score (nSPS) is 12.4. The van der Waals surface area contributed by atoms with Gasteiger partial charge in [-0.05, 0) is 26.3 Å². The van der Waals surface area contributed by atoms with Crippen LogP contribution in [-0.2, 0) is 0 Å². The van der Waals surface area contributed by atoms with E-state index in [1.54, 1.807) is 12.3 Å². The van der Waals surface area contributed by atoms with E-state index in [4.69, 9.17) is 5.73 Å². The van der Waals surface area contributed by atoms with Crippen molar-refractivity contribution in [3.8, 4) is 0 Å². The number of fused-ring (bicyclic) bond motifs is 1. The lowest BCUT2D eigenvalue weighted by atomic mass is 9.91. The van der Waals surface area contributed by atoms with Gasteiger partial charge in [0.1, 0.15) is 9.71 Å². The first-order valence-corrected chi connectivity index (χ1v) is 12.5. The van der Waals surface area contributed by atoms with Gasteiger partial charge in [-0.3, -0.25) is 4.79 Å². The zero-order valence-corrected chi connectivity index (χ0v) is 17.2. The Hall–Kier alpha value is -0.428. The highest BCUT2D eigenvalue weighted by Crippen LogP contribution is 2.36. The maximum Gasteiger partial charge on any atom is 0.317 e. The Kier molecular flexibility index (Phi) is 5.37. The lowest BCUT2D eigenvalue weighted by Crippen LogP contribution is -2.45. The number of nitrogens with one attached hydrogen (secondary N) is 1. The van der Waals surface area contributed by atoms with Crippen LogP contribution in [0.4, 0.5) is 5.69 Å². The number of rotatable bonds is 5. The van der Waals surface area contributed by atoms with Crippen LogP contribution in [-0.4, -0.2) is 33.6 Å². The Balaban J connectivity index is 2.22. The van der Waals surface area contributed by atoms with Crippen LogP contribution in [0.3, 0.4) is 0 Å². The number of anilines is 1. The number of nitrogens with zero attached hydrogens (tertiary/aromatic N) is 2. The summed E-state index contributed by atoms with van der Waals surface area (Å²) < 4.78 is 0.245. The van der Waals surface area contributed by atoms with Crippen molar-refractivity contribution in [1.82, 2.24) is 15.5 Å². The largest absolute Gasteiger partial charge is 0.397 e. The van der Waals surface area contributed by atoms with Crippen LogP contribution in [0, 0.1) is 0 Å². The van der Waals surface area contributed by atoms with Crippen molar-refractivity contribution in [3.05, 3.63) is 17.1 Å². The highest BCUT2D eigenvalue weighted by molar-refractivity contribution is 14.1. The highest BCUT2D eigenvalue weighted by atomic mass is 127. The first-order valence-electron chi connectivity index (χ1n) is 6.92. The molecule has 0 aliphatic carbocycles. The van der Waals surface area contributed by atoms with Crippen LogP contribution in [0.1, 0.15) is 43.8 Å². The standard InChI is InChI=1S/C14H19N4OS.Al.HI/c1-8(2)7-14(3,4)17-12(19)11-10(15)9-5-6-16-18-13(9)20-11;;/h5-6H,7,15H2,1-4H3,(H,17,19);;1H/q;+1;/p-1. The van der Waals surface area contributed by atoms with E-state index < -0.39 is 0 Å². The minimum absolute atomic E-state index is 0.134. The van der Waals surface area contributed by atoms with Gasteiger partial charge in [0.05, 0.1) is 11.9 Å². The molecule has 0 bridgehead atoms. The smallest absolute Gasteiger partial charge is 0.317 e. The molecule has 0 unspecified atom stereocenters. The monoisotopic (exact) mass is 445 g/mol. The predicted molar refractivity (Wildman–Crippen MR) is 102 cm³/mol. The van der Waals surface area contributed by atoms with Crippen LogP contribution in [0.5, 0.6) is 0 Å². The van der Waals surface area contributed by atoms with Gasteiger partial charge in [0.15, 0.2) is 0 Å². The second-order valence-corrected chi connectivity index (χ2v) is 11.4. The molecule has 0 atom stereocenters. The fraction of sp³-hybridized carbons (Fsp3) is 0.500. The summed E-state index contributed by atoms with van der Waals surface area (Å²) in [5, 5.41) is 11.8. The van der Waals surface area contributed by atoms with Crippen molar-refractivity contribution in [1.29, 1.82) is 0 Å². The van der Waals surface area contributed by atoms with Gasteiger partial charge in [-0.1, -0.05) is 18.1 Å². The summed E-state index contributed by atoms with van der Waals surface area (Å²) in [6.45, 7) is 8.60. The number of thiophene rings is 1. The minimum atomic E-state index is -0.285. The van der Waals surface area contributed by atoms with E-state index in [1.165, 1.54) is 11.3 Å². The van der Waals surface area contributed by atoms with Crippen molar-refractivity contribution in [2.24, 2.45) is 0 Å². The van der Waals surface area contributed by atoms with Crippen LogP contribution in [0.15, 0.2) is 12.3 Å². The van der Waals surface area contributed by atoms with Crippen molar-refractivity contribution in [2.45, 2.75) is 43.9 Å². The van der Waals surface area contributed by atoms with Crippen molar-refractivity contribution < 1.29 is 4.79 Å². The SMILES string of the molecule is CC(C)(C[C](C)(C)[Al][I])NC(=O)c1sc2nnccc2c1N. The number of hydrogen-bond donors (Lipinski definition) is 2. The van der Waals surface area contributed by atoms with Crippen LogP contribution < -0.4 is 11.1 Å². The van der Waals surface area contributed by atoms with Gasteiger partial charge in [0.2, 0.25) is 0 Å². The Morgan fingerprint density at radius 1 is 1.45 bits per heavy atom. The molecule has 0 saturated carbocycles. The number of hydrogen-bond acceptors (Lipinski definition) is 5. The van der Waals surface area contributed by atoms with Crippen molar-refractivity contribution >= 4 is 65.4 Å². The maximum atomic E-state index is 12.6. The van der Waals surface area contributed by atoms with E-state index in [0.717, 1.165) is 11.8 Å². The van der Waals surface area contributed by atoms with Gasteiger partial charge in [0, 0.05) is 10.9 Å². The summed E-state index contributed by atoms with van der Waals surface area (Å²) in [7, 11) is 0. The van der Waals surface area contributed by atoms with E-state index in [-0.39, 0.29) is 15.7 Å². The van der Waals surface area contributed by atoms with Gasteiger partial charge >= 0.3 is 11.9 Å². The molecule has 22 heavy (non-hydrogen) atoms. The number of nitrogens with two attached hydrogens (primary N) is 1. The molecule has 0 saturated heterocycles. The third-order valence-electron chi connectivity index (χ3n) is 3.27. The number of nitrogen functional groups attached to an aromatic ring is 1. The molecule has 2 aromatic heterocycles. The molecule has 0 aromatic carbocycles. The van der Waals surface area contributed by atoms with E-state index in [0.29, 0.717) is 27.3 Å². The molecule has 2 heterocycles. The van der Waals surface area contributed by atoms with Crippen molar-refractivity contribution in [2.75, 3.05) is 5.73 Å². The number of halogens is 1. The van der Waals surface area contributed by atoms with Crippen LogP contribution in [0.25, 0.3) is 10.2 Å². The highest BCUT2D eigenvalue weighted by Gasteiger charge is 2.31. The van der Waals surface area contributed by atoms with Gasteiger partial charge < -0.3 is 11.1 Å². The summed E-state index contributed by atoms with van der Waals surface area (Å²) in [6, 6.07) is 1.79.